The van der Waals surface area contributed by atoms with E-state index >= 15 is 0 Å². The molecule has 3 heteroatoms. The maximum absolute atomic E-state index is 10.9. The van der Waals surface area contributed by atoms with Crippen LogP contribution in [-0.4, -0.2) is 16.1 Å². The lowest BCUT2D eigenvalue weighted by Gasteiger charge is -2.07. The monoisotopic (exact) mass is 192 g/mol. The molecule has 1 fully saturated rings. The Labute approximate surface area is 84.1 Å². The van der Waals surface area contributed by atoms with Crippen molar-refractivity contribution >= 4 is 6.29 Å². The molecular formula is C11H16N2O. The molecule has 1 heterocycles. The van der Waals surface area contributed by atoms with Crippen molar-refractivity contribution in [2.24, 2.45) is 18.9 Å². The van der Waals surface area contributed by atoms with Gasteiger partial charge >= 0.3 is 0 Å². The van der Waals surface area contributed by atoms with Crippen LogP contribution in [0.4, 0.5) is 0 Å². The summed E-state index contributed by atoms with van der Waals surface area (Å²) < 4.78 is 1.88. The Bertz CT molecular complexity index is 339. The molecular weight excluding hydrogens is 176 g/mol. The van der Waals surface area contributed by atoms with Gasteiger partial charge in [-0.15, -0.1) is 0 Å². The first-order chi connectivity index (χ1) is 6.70. The van der Waals surface area contributed by atoms with Crippen molar-refractivity contribution in [1.82, 2.24) is 9.78 Å². The molecule has 0 aliphatic heterocycles. The molecule has 1 unspecified atom stereocenters. The molecule has 0 radical (unpaired) electrons. The van der Waals surface area contributed by atoms with Crippen molar-refractivity contribution in [3.63, 3.8) is 0 Å². The number of carbonyl (C=O) groups is 1. The highest BCUT2D eigenvalue weighted by atomic mass is 16.1. The van der Waals surface area contributed by atoms with Gasteiger partial charge in [0.05, 0.1) is 5.69 Å². The number of carbonyl (C=O) groups excluding carboxylic acids is 1. The van der Waals surface area contributed by atoms with Gasteiger partial charge in [0.2, 0.25) is 0 Å². The van der Waals surface area contributed by atoms with Crippen LogP contribution in [-0.2, 0) is 18.3 Å². The Morgan fingerprint density at radius 1 is 1.71 bits per heavy atom. The first-order valence-corrected chi connectivity index (χ1v) is 5.15. The molecule has 1 saturated carbocycles. The van der Waals surface area contributed by atoms with Gasteiger partial charge < -0.3 is 4.79 Å². The average Bonchev–Trinajstić information content (AvgIpc) is 2.91. The molecule has 0 aromatic carbocycles. The van der Waals surface area contributed by atoms with Crippen LogP contribution in [0.2, 0.25) is 0 Å². The molecule has 1 aliphatic carbocycles. The van der Waals surface area contributed by atoms with E-state index in [4.69, 9.17) is 0 Å². The van der Waals surface area contributed by atoms with Crippen LogP contribution >= 0.6 is 0 Å². The zero-order valence-electron chi connectivity index (χ0n) is 8.73. The number of hydrogen-bond acceptors (Lipinski definition) is 2. The van der Waals surface area contributed by atoms with Crippen LogP contribution in [0.15, 0.2) is 6.07 Å². The van der Waals surface area contributed by atoms with E-state index in [-0.39, 0.29) is 5.92 Å². The smallest absolute Gasteiger partial charge is 0.123 e. The molecule has 0 amide bonds. The third-order valence-electron chi connectivity index (χ3n) is 2.95. The number of aryl methyl sites for hydroxylation is 2. The quantitative estimate of drug-likeness (QED) is 0.677. The van der Waals surface area contributed by atoms with Crippen molar-refractivity contribution in [2.45, 2.75) is 26.2 Å². The largest absolute Gasteiger partial charge is 0.303 e. The molecule has 1 aliphatic rings. The predicted octanol–water partition coefficient (Wildman–Crippen LogP) is 1.50. The fraction of sp³-hybridized carbons (Fsp3) is 0.636. The zero-order valence-corrected chi connectivity index (χ0v) is 8.73. The van der Waals surface area contributed by atoms with Gasteiger partial charge in [-0.05, 0) is 38.2 Å². The second-order valence-corrected chi connectivity index (χ2v) is 4.24. The Hall–Kier alpha value is -1.12. The second kappa shape index (κ2) is 3.56. The van der Waals surface area contributed by atoms with Gasteiger partial charge in [-0.2, -0.15) is 5.10 Å². The van der Waals surface area contributed by atoms with Gasteiger partial charge in [-0.3, -0.25) is 4.68 Å². The van der Waals surface area contributed by atoms with E-state index in [1.807, 2.05) is 18.7 Å². The topological polar surface area (TPSA) is 34.9 Å². The summed E-state index contributed by atoms with van der Waals surface area (Å²) in [5, 5.41) is 4.28. The lowest BCUT2D eigenvalue weighted by atomic mass is 9.99. The van der Waals surface area contributed by atoms with E-state index in [0.717, 1.165) is 18.4 Å². The van der Waals surface area contributed by atoms with Crippen molar-refractivity contribution < 1.29 is 4.79 Å². The average molecular weight is 192 g/mol. The summed E-state index contributed by atoms with van der Waals surface area (Å²) in [6.07, 6.45) is 4.41. The number of rotatable bonds is 4. The summed E-state index contributed by atoms with van der Waals surface area (Å²) in [5.41, 5.74) is 2.20. The molecule has 0 spiro atoms. The number of hydrogen-bond donors (Lipinski definition) is 0. The maximum atomic E-state index is 10.9. The zero-order chi connectivity index (χ0) is 10.1. The van der Waals surface area contributed by atoms with E-state index in [1.54, 1.807) is 0 Å². The van der Waals surface area contributed by atoms with Crippen LogP contribution in [0, 0.1) is 18.8 Å². The molecule has 0 bridgehead atoms. The third kappa shape index (κ3) is 1.86. The summed E-state index contributed by atoms with van der Waals surface area (Å²) in [7, 11) is 1.94. The van der Waals surface area contributed by atoms with Crippen LogP contribution in [0.3, 0.4) is 0 Å². The normalized spacial score (nSPS) is 18.1. The Balaban J connectivity index is 2.07. The van der Waals surface area contributed by atoms with Crippen LogP contribution < -0.4 is 0 Å². The number of aldehydes is 1. The fourth-order valence-corrected chi connectivity index (χ4v) is 1.95. The van der Waals surface area contributed by atoms with Crippen LogP contribution in [0.25, 0.3) is 0 Å². The molecule has 2 rings (SSSR count). The summed E-state index contributed by atoms with van der Waals surface area (Å²) in [4.78, 5) is 10.9. The van der Waals surface area contributed by atoms with Crippen LogP contribution in [0.5, 0.6) is 0 Å². The molecule has 76 valence electrons. The van der Waals surface area contributed by atoms with Gasteiger partial charge in [0.1, 0.15) is 6.29 Å². The Kier molecular flexibility index (Phi) is 2.40. The molecule has 1 atom stereocenters. The van der Waals surface area contributed by atoms with Crippen LogP contribution in [0.1, 0.15) is 24.2 Å². The van der Waals surface area contributed by atoms with Crippen molar-refractivity contribution in [3.05, 3.63) is 17.5 Å². The number of nitrogens with zero attached hydrogens (tertiary/aromatic N) is 2. The van der Waals surface area contributed by atoms with Gasteiger partial charge in [-0.25, -0.2) is 0 Å². The van der Waals surface area contributed by atoms with Crippen molar-refractivity contribution in [1.29, 1.82) is 0 Å². The molecule has 1 aromatic rings. The fourth-order valence-electron chi connectivity index (χ4n) is 1.95. The lowest BCUT2D eigenvalue weighted by molar-refractivity contribution is -0.111. The highest BCUT2D eigenvalue weighted by molar-refractivity contribution is 5.55. The maximum Gasteiger partial charge on any atom is 0.123 e. The number of aromatic nitrogens is 2. The first-order valence-electron chi connectivity index (χ1n) is 5.15. The highest BCUT2D eigenvalue weighted by Gasteiger charge is 2.31. The first kappa shape index (κ1) is 9.44. The van der Waals surface area contributed by atoms with Gasteiger partial charge in [0, 0.05) is 18.7 Å². The van der Waals surface area contributed by atoms with Gasteiger partial charge in [0.25, 0.3) is 0 Å². The van der Waals surface area contributed by atoms with E-state index < -0.39 is 0 Å². The van der Waals surface area contributed by atoms with E-state index in [9.17, 15) is 4.79 Å². The van der Waals surface area contributed by atoms with E-state index in [1.165, 1.54) is 18.5 Å². The molecule has 0 N–H and O–H groups in total. The summed E-state index contributed by atoms with van der Waals surface area (Å²) in [6, 6.07) is 2.07. The molecule has 1 aromatic heterocycles. The molecule has 0 saturated heterocycles. The highest BCUT2D eigenvalue weighted by Crippen LogP contribution is 2.37. The Morgan fingerprint density at radius 3 is 2.86 bits per heavy atom. The summed E-state index contributed by atoms with van der Waals surface area (Å²) in [5.74, 6) is 0.854. The molecule has 14 heavy (non-hydrogen) atoms. The second-order valence-electron chi connectivity index (χ2n) is 4.24. The third-order valence-corrected chi connectivity index (χ3v) is 2.95. The lowest BCUT2D eigenvalue weighted by Crippen LogP contribution is -2.11. The van der Waals surface area contributed by atoms with Gasteiger partial charge in [0.15, 0.2) is 0 Å². The minimum Gasteiger partial charge on any atom is -0.303 e. The SMILES string of the molecule is Cc1cc(CC(C=O)C2CC2)n(C)n1. The van der Waals surface area contributed by atoms with E-state index in [2.05, 4.69) is 11.2 Å². The summed E-state index contributed by atoms with van der Waals surface area (Å²) in [6.45, 7) is 1.98. The van der Waals surface area contributed by atoms with Crippen molar-refractivity contribution in [2.75, 3.05) is 0 Å². The predicted molar refractivity (Wildman–Crippen MR) is 53.9 cm³/mol. The standard InChI is InChI=1S/C11H16N2O/c1-8-5-11(13(2)12-8)6-10(7-14)9-3-4-9/h5,7,9-10H,3-4,6H2,1-2H3. The minimum absolute atomic E-state index is 0.213. The minimum atomic E-state index is 0.213. The Morgan fingerprint density at radius 2 is 2.43 bits per heavy atom. The van der Waals surface area contributed by atoms with Gasteiger partial charge in [-0.1, -0.05) is 0 Å². The van der Waals surface area contributed by atoms with Crippen molar-refractivity contribution in [3.8, 4) is 0 Å². The van der Waals surface area contributed by atoms with E-state index in [0.29, 0.717) is 5.92 Å². The summed E-state index contributed by atoms with van der Waals surface area (Å²) >= 11 is 0. The molecule has 3 nitrogen and oxygen atoms in total.